The fourth-order valence-corrected chi connectivity index (χ4v) is 5.37. The number of esters is 2. The maximum absolute atomic E-state index is 15.6. The second kappa shape index (κ2) is 11.6. The van der Waals surface area contributed by atoms with Crippen molar-refractivity contribution < 1.29 is 41.8 Å². The monoisotopic (exact) mass is 555 g/mol. The molecule has 2 aliphatic heterocycles. The van der Waals surface area contributed by atoms with Gasteiger partial charge in [0.2, 0.25) is 0 Å². The van der Waals surface area contributed by atoms with E-state index >= 15 is 4.39 Å². The zero-order valence-electron chi connectivity index (χ0n) is 20.5. The van der Waals surface area contributed by atoms with E-state index in [0.29, 0.717) is 0 Å². The van der Waals surface area contributed by atoms with E-state index in [2.05, 4.69) is 10.1 Å². The fraction of sp³-hybridized carbons (Fsp3) is 0.478. The summed E-state index contributed by atoms with van der Waals surface area (Å²) in [6.45, 7) is 2.04. The number of carbonyl (C=O) groups excluding carboxylic acids is 2. The summed E-state index contributed by atoms with van der Waals surface area (Å²) in [6, 6.07) is 6.84. The molecule has 4 rings (SSSR count). The molecule has 0 bridgehead atoms. The molecule has 0 saturated carbocycles. The van der Waals surface area contributed by atoms with E-state index < -0.39 is 68.2 Å². The molecular formula is C23H27FN3O10P. The molecule has 6 atom stereocenters. The van der Waals surface area contributed by atoms with Gasteiger partial charge in [0.25, 0.3) is 5.56 Å². The van der Waals surface area contributed by atoms with Crippen molar-refractivity contribution in [3.05, 3.63) is 62.9 Å². The van der Waals surface area contributed by atoms with E-state index in [9.17, 15) is 23.7 Å². The summed E-state index contributed by atoms with van der Waals surface area (Å²) in [6.07, 6.45) is -5.52. The van der Waals surface area contributed by atoms with Crippen LogP contribution < -0.4 is 20.9 Å². The van der Waals surface area contributed by atoms with Crippen molar-refractivity contribution in [2.75, 3.05) is 13.2 Å². The minimum Gasteiger partial charge on any atom is -0.465 e. The first-order chi connectivity index (χ1) is 18.1. The molecule has 0 aliphatic carbocycles. The zero-order chi connectivity index (χ0) is 27.4. The summed E-state index contributed by atoms with van der Waals surface area (Å²) < 4.78 is 57.3. The highest BCUT2D eigenvalue weighted by atomic mass is 31.2. The van der Waals surface area contributed by atoms with E-state index in [1.165, 1.54) is 26.0 Å². The van der Waals surface area contributed by atoms with Crippen molar-refractivity contribution in [3.8, 4) is 5.75 Å². The van der Waals surface area contributed by atoms with E-state index in [1.54, 1.807) is 18.2 Å². The number of H-pyrrole nitrogens is 1. The third-order valence-corrected chi connectivity index (χ3v) is 7.45. The number of hydrogen-bond donors (Lipinski definition) is 2. The van der Waals surface area contributed by atoms with Crippen molar-refractivity contribution >= 4 is 19.7 Å². The highest BCUT2D eigenvalue weighted by molar-refractivity contribution is 7.52. The largest absolute Gasteiger partial charge is 0.465 e. The molecule has 2 aromatic rings. The summed E-state index contributed by atoms with van der Waals surface area (Å²) in [4.78, 5) is 51.0. The lowest BCUT2D eigenvalue weighted by Gasteiger charge is -2.26. The summed E-state index contributed by atoms with van der Waals surface area (Å²) in [5.74, 6) is -1.42. The average molecular weight is 555 g/mol. The number of cyclic esters (lactones) is 1. The van der Waals surface area contributed by atoms with Crippen LogP contribution in [0.25, 0.3) is 0 Å². The molecular weight excluding hydrogens is 528 g/mol. The number of rotatable bonds is 3. The summed E-state index contributed by atoms with van der Waals surface area (Å²) in [5.41, 5.74) is -1.46. The standard InChI is InChI=1S/C23H27FN3O10P/c1-13-11-27(23(31)25-20(13)29)21-18(24)19-16(35-21)12-34-38(32,37-15-7-4-3-5-8-15)26-14(2)22(30)33-10-6-9-17(28)36-19/h3-5,7-8,11,14,16,18-19,21H,6,9-10,12H2,1-2H3,(H,26,32)(H,25,29,31)/t14-,16-,18+,19-,21-,38+/m0/s1. The van der Waals surface area contributed by atoms with E-state index in [-0.39, 0.29) is 30.8 Å². The maximum Gasteiger partial charge on any atom is 0.459 e. The van der Waals surface area contributed by atoms with Gasteiger partial charge in [-0.2, -0.15) is 5.09 Å². The number of fused-ring (bicyclic) bond motifs is 1. The molecule has 2 N–H and O–H groups in total. The number of ether oxygens (including phenoxy) is 3. The molecule has 2 saturated heterocycles. The molecule has 38 heavy (non-hydrogen) atoms. The van der Waals surface area contributed by atoms with Gasteiger partial charge >= 0.3 is 25.4 Å². The van der Waals surface area contributed by atoms with Gasteiger partial charge in [-0.1, -0.05) is 18.2 Å². The Kier molecular flexibility index (Phi) is 8.46. The Bertz CT molecular complexity index is 1330. The number of aryl methyl sites for hydroxylation is 1. The first kappa shape index (κ1) is 27.7. The molecule has 0 amide bonds. The SMILES string of the molecule is Cc1cn([C@H]2O[C@H]3CO[P@@](=O)(Oc4ccccc4)N[C@@H](C)C(=O)OCCCC(=O)O[C@@H]3[C@H]2F)c(=O)[nH]c1=O. The van der Waals surface area contributed by atoms with Crippen molar-refractivity contribution in [1.29, 1.82) is 0 Å². The summed E-state index contributed by atoms with van der Waals surface area (Å²) >= 11 is 0. The minimum absolute atomic E-state index is 0.0865. The third kappa shape index (κ3) is 6.38. The Hall–Kier alpha value is -3.32. The number of para-hydroxylation sites is 1. The van der Waals surface area contributed by atoms with Crippen LogP contribution in [0, 0.1) is 6.92 Å². The molecule has 15 heteroatoms. The van der Waals surface area contributed by atoms with Gasteiger partial charge < -0.3 is 18.7 Å². The number of carbonyl (C=O) groups is 2. The predicted molar refractivity (Wildman–Crippen MR) is 128 cm³/mol. The molecule has 3 heterocycles. The highest BCUT2D eigenvalue weighted by Gasteiger charge is 2.50. The van der Waals surface area contributed by atoms with Crippen molar-refractivity contribution in [2.45, 2.75) is 57.3 Å². The molecule has 2 aliphatic rings. The molecule has 0 unspecified atom stereocenters. The van der Waals surface area contributed by atoms with Crippen LogP contribution >= 0.6 is 7.75 Å². The van der Waals surface area contributed by atoms with Crippen LogP contribution in [0.1, 0.15) is 31.6 Å². The molecule has 1 aromatic heterocycles. The highest BCUT2D eigenvalue weighted by Crippen LogP contribution is 2.46. The topological polar surface area (TPSA) is 164 Å². The fourth-order valence-electron chi connectivity index (χ4n) is 3.86. The van der Waals surface area contributed by atoms with Gasteiger partial charge in [0, 0.05) is 18.2 Å². The molecule has 0 spiro atoms. The van der Waals surface area contributed by atoms with Gasteiger partial charge in [0.1, 0.15) is 17.9 Å². The smallest absolute Gasteiger partial charge is 0.459 e. The lowest BCUT2D eigenvalue weighted by atomic mass is 10.1. The predicted octanol–water partition coefficient (Wildman–Crippen LogP) is 1.51. The Balaban J connectivity index is 1.65. The van der Waals surface area contributed by atoms with Crippen molar-refractivity contribution in [3.63, 3.8) is 0 Å². The number of halogens is 1. The van der Waals surface area contributed by atoms with Crippen molar-refractivity contribution in [1.82, 2.24) is 14.6 Å². The number of nitrogens with one attached hydrogen (secondary N) is 2. The molecule has 13 nitrogen and oxygen atoms in total. The van der Waals surface area contributed by atoms with E-state index in [1.807, 2.05) is 0 Å². The molecule has 0 radical (unpaired) electrons. The van der Waals surface area contributed by atoms with Crippen LogP contribution in [0.15, 0.2) is 46.1 Å². The van der Waals surface area contributed by atoms with Crippen LogP contribution in [0.5, 0.6) is 5.75 Å². The van der Waals surface area contributed by atoms with Gasteiger partial charge in [-0.15, -0.1) is 0 Å². The first-order valence-electron chi connectivity index (χ1n) is 11.8. The van der Waals surface area contributed by atoms with Crippen LogP contribution in [0.2, 0.25) is 0 Å². The summed E-state index contributed by atoms with van der Waals surface area (Å²) in [5, 5.41) is 2.50. The molecule has 2 fully saturated rings. The Morgan fingerprint density at radius 2 is 1.89 bits per heavy atom. The molecule has 206 valence electrons. The van der Waals surface area contributed by atoms with E-state index in [4.69, 9.17) is 23.3 Å². The van der Waals surface area contributed by atoms with Gasteiger partial charge in [-0.25, -0.2) is 13.8 Å². The van der Waals surface area contributed by atoms with Crippen LogP contribution in [0.4, 0.5) is 4.39 Å². The van der Waals surface area contributed by atoms with Crippen LogP contribution in [0.3, 0.4) is 0 Å². The first-order valence-corrected chi connectivity index (χ1v) is 13.4. The number of aromatic amines is 1. The number of alkyl halides is 1. The van der Waals surface area contributed by atoms with E-state index in [0.717, 1.165) is 10.8 Å². The van der Waals surface area contributed by atoms with Gasteiger partial charge in [-0.05, 0) is 32.4 Å². The Morgan fingerprint density at radius 1 is 1.16 bits per heavy atom. The third-order valence-electron chi connectivity index (χ3n) is 5.81. The molecule has 1 aromatic carbocycles. The Labute approximate surface area is 215 Å². The average Bonchev–Trinajstić information content (AvgIpc) is 3.17. The van der Waals surface area contributed by atoms with Crippen LogP contribution in [-0.2, 0) is 32.9 Å². The quantitative estimate of drug-likeness (QED) is 0.417. The second-order valence-electron chi connectivity index (χ2n) is 8.76. The number of aromatic nitrogens is 2. The van der Waals surface area contributed by atoms with Crippen molar-refractivity contribution in [2.24, 2.45) is 0 Å². The normalized spacial score (nSPS) is 31.0. The van der Waals surface area contributed by atoms with Gasteiger partial charge in [-0.3, -0.25) is 28.5 Å². The number of hydrogen-bond acceptors (Lipinski definition) is 10. The van der Waals surface area contributed by atoms with Gasteiger partial charge in [0.15, 0.2) is 18.5 Å². The lowest BCUT2D eigenvalue weighted by Crippen LogP contribution is -2.39. The second-order valence-corrected chi connectivity index (χ2v) is 10.5. The number of benzene rings is 1. The number of nitrogens with zero attached hydrogens (tertiary/aromatic N) is 1. The Morgan fingerprint density at radius 3 is 2.63 bits per heavy atom. The maximum atomic E-state index is 15.6. The zero-order valence-corrected chi connectivity index (χ0v) is 21.4. The summed E-state index contributed by atoms with van der Waals surface area (Å²) in [7, 11) is -4.32. The lowest BCUT2D eigenvalue weighted by molar-refractivity contribution is -0.156. The van der Waals surface area contributed by atoms with Gasteiger partial charge in [0.05, 0.1) is 13.2 Å². The minimum atomic E-state index is -4.32. The van der Waals surface area contributed by atoms with Crippen LogP contribution in [-0.4, -0.2) is 59.1 Å².